The number of rotatable bonds is 5. The lowest BCUT2D eigenvalue weighted by Crippen LogP contribution is -2.48. The van der Waals surface area contributed by atoms with Gasteiger partial charge in [0.1, 0.15) is 10.6 Å². The number of hydrogen-bond acceptors (Lipinski definition) is 4. The smallest absolute Gasteiger partial charge is 0.246 e. The Hall–Kier alpha value is -1.76. The first kappa shape index (κ1) is 19.0. The fraction of sp³-hybridized carbons (Fsp3) is 0.368. The molecule has 0 amide bonds. The maximum atomic E-state index is 13.1. The lowest BCUT2D eigenvalue weighted by molar-refractivity contribution is 0.327. The highest BCUT2D eigenvalue weighted by atomic mass is 35.5. The molecule has 1 aliphatic rings. The van der Waals surface area contributed by atoms with Crippen LogP contribution in [0.1, 0.15) is 12.5 Å². The van der Waals surface area contributed by atoms with Gasteiger partial charge in [0.05, 0.1) is 6.61 Å². The maximum Gasteiger partial charge on any atom is 0.246 e. The number of ether oxygens (including phenoxy) is 1. The van der Waals surface area contributed by atoms with E-state index in [1.807, 2.05) is 38.1 Å². The molecule has 7 heteroatoms. The van der Waals surface area contributed by atoms with Crippen LogP contribution < -0.4 is 9.64 Å². The monoisotopic (exact) mass is 394 g/mol. The quantitative estimate of drug-likeness (QED) is 0.778. The Balaban J connectivity index is 1.77. The summed E-state index contributed by atoms with van der Waals surface area (Å²) in [7, 11) is -3.58. The van der Waals surface area contributed by atoms with E-state index < -0.39 is 10.0 Å². The van der Waals surface area contributed by atoms with Crippen LogP contribution in [0.25, 0.3) is 0 Å². The molecular formula is C19H23ClN2O3S. The molecule has 0 aromatic heterocycles. The molecular weight excluding hydrogens is 372 g/mol. The van der Waals surface area contributed by atoms with Gasteiger partial charge in [0.25, 0.3) is 0 Å². The minimum atomic E-state index is -3.58. The molecule has 1 aliphatic heterocycles. The van der Waals surface area contributed by atoms with E-state index >= 15 is 0 Å². The molecule has 3 rings (SSSR count). The van der Waals surface area contributed by atoms with Crippen molar-refractivity contribution in [1.82, 2.24) is 4.31 Å². The molecule has 0 N–H and O–H groups in total. The van der Waals surface area contributed by atoms with Gasteiger partial charge in [-0.2, -0.15) is 4.31 Å². The van der Waals surface area contributed by atoms with Crippen LogP contribution in [0.5, 0.6) is 5.75 Å². The first-order chi connectivity index (χ1) is 12.4. The summed E-state index contributed by atoms with van der Waals surface area (Å²) in [5, 5.41) is 0.692. The van der Waals surface area contributed by atoms with Crippen LogP contribution in [0.2, 0.25) is 5.02 Å². The third kappa shape index (κ3) is 3.98. The molecule has 0 unspecified atom stereocenters. The first-order valence-electron chi connectivity index (χ1n) is 8.66. The van der Waals surface area contributed by atoms with Crippen molar-refractivity contribution in [3.8, 4) is 5.75 Å². The number of halogens is 1. The van der Waals surface area contributed by atoms with Gasteiger partial charge in [0.15, 0.2) is 0 Å². The van der Waals surface area contributed by atoms with E-state index in [1.54, 1.807) is 18.2 Å². The normalized spacial score (nSPS) is 15.9. The van der Waals surface area contributed by atoms with Crippen LogP contribution in [0, 0.1) is 6.92 Å². The van der Waals surface area contributed by atoms with Gasteiger partial charge in [-0.3, -0.25) is 0 Å². The van der Waals surface area contributed by atoms with Gasteiger partial charge in [-0.1, -0.05) is 17.7 Å². The van der Waals surface area contributed by atoms with Crippen LogP contribution in [-0.4, -0.2) is 45.5 Å². The lowest BCUT2D eigenvalue weighted by atomic mass is 10.2. The molecule has 5 nitrogen and oxygen atoms in total. The number of sulfonamides is 1. The van der Waals surface area contributed by atoms with Crippen LogP contribution in [0.15, 0.2) is 47.4 Å². The second-order valence-corrected chi connectivity index (χ2v) is 8.59. The fourth-order valence-electron chi connectivity index (χ4n) is 3.07. The molecule has 26 heavy (non-hydrogen) atoms. The van der Waals surface area contributed by atoms with Crippen LogP contribution in [-0.2, 0) is 10.0 Å². The molecule has 0 saturated carbocycles. The molecule has 0 bridgehead atoms. The summed E-state index contributed by atoms with van der Waals surface area (Å²) in [4.78, 5) is 2.41. The van der Waals surface area contributed by atoms with Gasteiger partial charge in [-0.05, 0) is 55.8 Å². The Labute approximate surface area is 160 Å². The molecule has 1 fully saturated rings. The second kappa shape index (κ2) is 7.86. The minimum Gasteiger partial charge on any atom is -0.492 e. The Morgan fingerprint density at radius 2 is 1.69 bits per heavy atom. The van der Waals surface area contributed by atoms with E-state index in [0.29, 0.717) is 43.6 Å². The molecule has 2 aromatic rings. The number of piperazine rings is 1. The molecule has 0 atom stereocenters. The lowest BCUT2D eigenvalue weighted by Gasteiger charge is -2.35. The Bertz CT molecular complexity index is 861. The molecule has 1 heterocycles. The highest BCUT2D eigenvalue weighted by Gasteiger charge is 2.31. The topological polar surface area (TPSA) is 49.9 Å². The maximum absolute atomic E-state index is 13.1. The van der Waals surface area contributed by atoms with Gasteiger partial charge in [-0.15, -0.1) is 0 Å². The molecule has 2 aromatic carbocycles. The average Bonchev–Trinajstić information content (AvgIpc) is 2.63. The SMILES string of the molecule is CCOc1cc(C)ccc1S(=O)(=O)N1CCN(c2ccc(Cl)cc2)CC1. The predicted octanol–water partition coefficient (Wildman–Crippen LogP) is 3.56. The Morgan fingerprint density at radius 1 is 1.04 bits per heavy atom. The second-order valence-electron chi connectivity index (χ2n) is 6.25. The molecule has 0 radical (unpaired) electrons. The Kier molecular flexibility index (Phi) is 5.75. The number of nitrogens with zero attached hydrogens (tertiary/aromatic N) is 2. The van der Waals surface area contributed by atoms with Gasteiger partial charge in [0, 0.05) is 36.9 Å². The summed E-state index contributed by atoms with van der Waals surface area (Å²) in [6.45, 7) is 6.34. The van der Waals surface area contributed by atoms with Crippen LogP contribution in [0.3, 0.4) is 0 Å². The number of anilines is 1. The van der Waals surface area contributed by atoms with Crippen molar-refractivity contribution in [2.24, 2.45) is 0 Å². The highest BCUT2D eigenvalue weighted by Crippen LogP contribution is 2.29. The molecule has 1 saturated heterocycles. The van der Waals surface area contributed by atoms with Crippen LogP contribution >= 0.6 is 11.6 Å². The summed E-state index contributed by atoms with van der Waals surface area (Å²) >= 11 is 5.94. The van der Waals surface area contributed by atoms with E-state index in [4.69, 9.17) is 16.3 Å². The summed E-state index contributed by atoms with van der Waals surface area (Å²) in [5.41, 5.74) is 2.02. The Morgan fingerprint density at radius 3 is 2.31 bits per heavy atom. The number of aryl methyl sites for hydroxylation is 1. The summed E-state index contributed by atoms with van der Waals surface area (Å²) in [6.07, 6.45) is 0. The van der Waals surface area contributed by atoms with Gasteiger partial charge < -0.3 is 9.64 Å². The van der Waals surface area contributed by atoms with E-state index in [9.17, 15) is 8.42 Å². The zero-order valence-electron chi connectivity index (χ0n) is 15.0. The van der Waals surface area contributed by atoms with Gasteiger partial charge in [0.2, 0.25) is 10.0 Å². The van der Waals surface area contributed by atoms with Crippen molar-refractivity contribution in [3.63, 3.8) is 0 Å². The zero-order chi connectivity index (χ0) is 18.7. The van der Waals surface area contributed by atoms with Gasteiger partial charge >= 0.3 is 0 Å². The van der Waals surface area contributed by atoms with Crippen molar-refractivity contribution in [3.05, 3.63) is 53.1 Å². The van der Waals surface area contributed by atoms with Crippen molar-refractivity contribution in [2.75, 3.05) is 37.7 Å². The van der Waals surface area contributed by atoms with Crippen molar-refractivity contribution in [2.45, 2.75) is 18.7 Å². The van der Waals surface area contributed by atoms with E-state index in [-0.39, 0.29) is 4.90 Å². The summed E-state index contributed by atoms with van der Waals surface area (Å²) in [5.74, 6) is 0.424. The largest absolute Gasteiger partial charge is 0.492 e. The molecule has 0 aliphatic carbocycles. The minimum absolute atomic E-state index is 0.241. The zero-order valence-corrected chi connectivity index (χ0v) is 16.6. The van der Waals surface area contributed by atoms with E-state index in [0.717, 1.165) is 11.3 Å². The van der Waals surface area contributed by atoms with E-state index in [2.05, 4.69) is 4.90 Å². The fourth-order valence-corrected chi connectivity index (χ4v) is 4.73. The molecule has 140 valence electrons. The standard InChI is InChI=1S/C19H23ClN2O3S/c1-3-25-18-14-15(2)4-9-19(18)26(23,24)22-12-10-21(11-13-22)17-7-5-16(20)6-8-17/h4-9,14H,3,10-13H2,1-2H3. The third-order valence-electron chi connectivity index (χ3n) is 4.45. The summed E-state index contributed by atoms with van der Waals surface area (Å²) < 4.78 is 33.3. The number of benzene rings is 2. The van der Waals surface area contributed by atoms with Crippen molar-refractivity contribution >= 4 is 27.3 Å². The first-order valence-corrected chi connectivity index (χ1v) is 10.5. The van der Waals surface area contributed by atoms with Crippen LogP contribution in [0.4, 0.5) is 5.69 Å². The van der Waals surface area contributed by atoms with Gasteiger partial charge in [-0.25, -0.2) is 8.42 Å². The predicted molar refractivity (Wildman–Crippen MR) is 105 cm³/mol. The average molecular weight is 395 g/mol. The molecule has 0 spiro atoms. The highest BCUT2D eigenvalue weighted by molar-refractivity contribution is 7.89. The van der Waals surface area contributed by atoms with Crippen molar-refractivity contribution < 1.29 is 13.2 Å². The van der Waals surface area contributed by atoms with Crippen molar-refractivity contribution in [1.29, 1.82) is 0 Å². The summed E-state index contributed by atoms with van der Waals surface area (Å²) in [6, 6.07) is 12.8. The van der Waals surface area contributed by atoms with E-state index in [1.165, 1.54) is 4.31 Å². The third-order valence-corrected chi connectivity index (χ3v) is 6.64. The number of hydrogen-bond donors (Lipinski definition) is 0.